The van der Waals surface area contributed by atoms with Crippen LogP contribution >= 0.6 is 0 Å². The summed E-state index contributed by atoms with van der Waals surface area (Å²) < 4.78 is 11.3. The molecule has 0 amide bonds. The van der Waals surface area contributed by atoms with Crippen LogP contribution in [0.4, 0.5) is 0 Å². The van der Waals surface area contributed by atoms with Gasteiger partial charge in [-0.25, -0.2) is 0 Å². The van der Waals surface area contributed by atoms with Gasteiger partial charge in [0, 0.05) is 10.8 Å². The molecule has 2 nitrogen and oxygen atoms in total. The quantitative estimate of drug-likeness (QED) is 0.457. The summed E-state index contributed by atoms with van der Waals surface area (Å²) >= 11 is 0. The van der Waals surface area contributed by atoms with Gasteiger partial charge in [-0.3, -0.25) is 0 Å². The monoisotopic (exact) mass is 218 g/mol. The Kier molecular flexibility index (Phi) is 2.45. The van der Waals surface area contributed by atoms with Crippen LogP contribution < -0.4 is 0 Å². The van der Waals surface area contributed by atoms with E-state index in [1.165, 1.54) is 0 Å². The van der Waals surface area contributed by atoms with Gasteiger partial charge in [0.2, 0.25) is 0 Å². The number of allylic oxidation sites excluding steroid dienone is 4. The second-order valence-electron chi connectivity index (χ2n) is 5.80. The normalized spacial score (nSPS) is 25.7. The van der Waals surface area contributed by atoms with E-state index in [4.69, 9.17) is 9.31 Å². The van der Waals surface area contributed by atoms with Crippen molar-refractivity contribution in [1.29, 1.82) is 0 Å². The van der Waals surface area contributed by atoms with Gasteiger partial charge in [0.05, 0.1) is 0 Å². The highest BCUT2D eigenvalue weighted by Gasteiger charge is 2.33. The lowest BCUT2D eigenvalue weighted by Crippen LogP contribution is -2.12. The Morgan fingerprint density at radius 1 is 0.875 bits per heavy atom. The molecule has 1 saturated heterocycles. The first kappa shape index (κ1) is 11.4. The highest BCUT2D eigenvalue weighted by atomic mass is 16.6. The van der Waals surface area contributed by atoms with Crippen LogP contribution in [0, 0.1) is 10.8 Å². The minimum absolute atomic E-state index is 0.000463. The molecule has 0 unspecified atom stereocenters. The second-order valence-corrected chi connectivity index (χ2v) is 5.80. The summed E-state index contributed by atoms with van der Waals surface area (Å²) in [6.45, 7) is 10.6. The number of rotatable bonds is 0. The maximum atomic E-state index is 5.67. The van der Waals surface area contributed by atoms with Crippen molar-refractivity contribution in [3.8, 4) is 0 Å². The third kappa shape index (κ3) is 2.34. The standard InChI is InChI=1S/C13H19BO2/c1-12(2)6-7-13(3,4)9-11-10(8-12)15-14(5)16-11/h6-9H,1-5H3. The van der Waals surface area contributed by atoms with Crippen LogP contribution in [0.15, 0.2) is 35.8 Å². The van der Waals surface area contributed by atoms with Crippen molar-refractivity contribution in [2.24, 2.45) is 10.8 Å². The second kappa shape index (κ2) is 3.44. The van der Waals surface area contributed by atoms with Gasteiger partial charge in [-0.1, -0.05) is 39.8 Å². The van der Waals surface area contributed by atoms with Crippen LogP contribution in [0.25, 0.3) is 0 Å². The van der Waals surface area contributed by atoms with Gasteiger partial charge in [0.15, 0.2) is 0 Å². The first-order valence-electron chi connectivity index (χ1n) is 5.77. The maximum absolute atomic E-state index is 5.67. The Labute approximate surface area is 98.2 Å². The molecule has 1 heterocycles. The van der Waals surface area contributed by atoms with E-state index in [2.05, 4.69) is 52.0 Å². The molecule has 0 aromatic rings. The zero-order chi connectivity index (χ0) is 12.0. The lowest BCUT2D eigenvalue weighted by molar-refractivity contribution is 0.417. The fraction of sp³-hybridized carbons (Fsp3) is 0.538. The van der Waals surface area contributed by atoms with Gasteiger partial charge in [-0.15, -0.1) is 0 Å². The molecule has 0 bridgehead atoms. The Morgan fingerprint density at radius 3 is 1.62 bits per heavy atom. The van der Waals surface area contributed by atoms with Crippen molar-refractivity contribution < 1.29 is 9.31 Å². The van der Waals surface area contributed by atoms with Crippen molar-refractivity contribution in [2.45, 2.75) is 34.5 Å². The van der Waals surface area contributed by atoms with Gasteiger partial charge in [-0.05, 0) is 19.0 Å². The third-order valence-electron chi connectivity index (χ3n) is 2.78. The molecule has 0 saturated carbocycles. The molecule has 2 rings (SSSR count). The zero-order valence-electron chi connectivity index (χ0n) is 10.7. The molecule has 86 valence electrons. The molecular formula is C13H19BO2. The summed E-state index contributed by atoms with van der Waals surface area (Å²) in [5, 5.41) is 0. The number of hydrogen-bond acceptors (Lipinski definition) is 2. The largest absolute Gasteiger partial charge is 0.591 e. The predicted octanol–water partition coefficient (Wildman–Crippen LogP) is 3.54. The Morgan fingerprint density at radius 2 is 1.25 bits per heavy atom. The third-order valence-corrected chi connectivity index (χ3v) is 2.78. The summed E-state index contributed by atoms with van der Waals surface area (Å²) in [7, 11) is -0.179. The summed E-state index contributed by atoms with van der Waals surface area (Å²) in [6, 6.07) is 0. The highest BCUT2D eigenvalue weighted by molar-refractivity contribution is 6.44. The van der Waals surface area contributed by atoms with E-state index >= 15 is 0 Å². The lowest BCUT2D eigenvalue weighted by Gasteiger charge is -2.23. The van der Waals surface area contributed by atoms with Crippen LogP contribution in [0.1, 0.15) is 27.7 Å². The zero-order valence-corrected chi connectivity index (χ0v) is 10.7. The summed E-state index contributed by atoms with van der Waals surface area (Å²) in [6.07, 6.45) is 8.68. The first-order chi connectivity index (χ1) is 7.27. The van der Waals surface area contributed by atoms with Crippen molar-refractivity contribution in [3.63, 3.8) is 0 Å². The summed E-state index contributed by atoms with van der Waals surface area (Å²) in [5.41, 5.74) is -0.000926. The SMILES string of the molecule is CB1OC2=CC(C)(C)C=CC(C)(C)C=C2O1. The molecule has 0 aromatic heterocycles. The maximum Gasteiger partial charge on any atom is 0.591 e. The molecule has 1 aliphatic carbocycles. The molecular weight excluding hydrogens is 199 g/mol. The Hall–Kier alpha value is -1.12. The van der Waals surface area contributed by atoms with Crippen LogP contribution in [-0.4, -0.2) is 7.12 Å². The van der Waals surface area contributed by atoms with E-state index in [0.29, 0.717) is 0 Å². The van der Waals surface area contributed by atoms with Crippen LogP contribution in [0.5, 0.6) is 0 Å². The fourth-order valence-corrected chi connectivity index (χ4v) is 1.91. The number of hydrogen-bond donors (Lipinski definition) is 0. The molecule has 0 N–H and O–H groups in total. The van der Waals surface area contributed by atoms with E-state index in [1.807, 2.05) is 6.82 Å². The van der Waals surface area contributed by atoms with E-state index < -0.39 is 0 Å². The minimum Gasteiger partial charge on any atom is -0.524 e. The molecule has 0 aromatic carbocycles. The van der Waals surface area contributed by atoms with Crippen LogP contribution in [-0.2, 0) is 9.31 Å². The molecule has 1 aliphatic heterocycles. The molecule has 0 spiro atoms. The Bertz CT molecular complexity index is 353. The first-order valence-corrected chi connectivity index (χ1v) is 5.77. The molecule has 3 heteroatoms. The van der Waals surface area contributed by atoms with Crippen molar-refractivity contribution in [2.75, 3.05) is 0 Å². The minimum atomic E-state index is -0.179. The van der Waals surface area contributed by atoms with E-state index in [0.717, 1.165) is 11.5 Å². The van der Waals surface area contributed by atoms with E-state index in [1.54, 1.807) is 0 Å². The average Bonchev–Trinajstić information content (AvgIpc) is 2.40. The highest BCUT2D eigenvalue weighted by Crippen LogP contribution is 2.36. The van der Waals surface area contributed by atoms with E-state index in [9.17, 15) is 0 Å². The fourth-order valence-electron chi connectivity index (χ4n) is 1.91. The van der Waals surface area contributed by atoms with Crippen LogP contribution in [0.2, 0.25) is 6.82 Å². The summed E-state index contributed by atoms with van der Waals surface area (Å²) in [5.74, 6) is 1.74. The van der Waals surface area contributed by atoms with Gasteiger partial charge in [0.25, 0.3) is 0 Å². The molecule has 16 heavy (non-hydrogen) atoms. The van der Waals surface area contributed by atoms with Crippen molar-refractivity contribution >= 4 is 7.12 Å². The van der Waals surface area contributed by atoms with Gasteiger partial charge in [-0.2, -0.15) is 0 Å². The molecule has 0 radical (unpaired) electrons. The lowest BCUT2D eigenvalue weighted by atomic mass is 9.83. The van der Waals surface area contributed by atoms with Gasteiger partial charge in [0.1, 0.15) is 11.5 Å². The van der Waals surface area contributed by atoms with Crippen LogP contribution in [0.3, 0.4) is 0 Å². The topological polar surface area (TPSA) is 18.5 Å². The molecule has 0 atom stereocenters. The predicted molar refractivity (Wildman–Crippen MR) is 66.7 cm³/mol. The van der Waals surface area contributed by atoms with E-state index in [-0.39, 0.29) is 17.9 Å². The Balaban J connectivity index is 2.49. The van der Waals surface area contributed by atoms with Crippen molar-refractivity contribution in [3.05, 3.63) is 35.8 Å². The molecule has 1 fully saturated rings. The smallest absolute Gasteiger partial charge is 0.524 e. The van der Waals surface area contributed by atoms with Crippen molar-refractivity contribution in [1.82, 2.24) is 0 Å². The van der Waals surface area contributed by atoms with Gasteiger partial charge < -0.3 is 9.31 Å². The molecule has 2 aliphatic rings. The summed E-state index contributed by atoms with van der Waals surface area (Å²) in [4.78, 5) is 0. The van der Waals surface area contributed by atoms with Gasteiger partial charge >= 0.3 is 7.12 Å². The number of fused-ring (bicyclic) bond motifs is 1. The average molecular weight is 218 g/mol.